The molecule has 94 valence electrons. The number of hydrogen-bond donors (Lipinski definition) is 2. The Hall–Kier alpha value is -1.78. The molecule has 1 rings (SSSR count). The van der Waals surface area contributed by atoms with Crippen molar-refractivity contribution in [2.75, 3.05) is 6.54 Å². The van der Waals surface area contributed by atoms with E-state index >= 15 is 0 Å². The third-order valence-corrected chi connectivity index (χ3v) is 2.39. The second-order valence-electron chi connectivity index (χ2n) is 3.88. The summed E-state index contributed by atoms with van der Waals surface area (Å²) in [7, 11) is 0. The van der Waals surface area contributed by atoms with Crippen molar-refractivity contribution in [3.05, 3.63) is 23.7 Å². The van der Waals surface area contributed by atoms with Crippen molar-refractivity contribution in [3.63, 3.8) is 0 Å². The highest BCUT2D eigenvalue weighted by Gasteiger charge is 2.18. The molecule has 1 aromatic rings. The first-order chi connectivity index (χ1) is 8.06. The van der Waals surface area contributed by atoms with E-state index in [1.165, 1.54) is 6.26 Å². The first kappa shape index (κ1) is 13.3. The third-order valence-electron chi connectivity index (χ3n) is 2.39. The molecule has 1 atom stereocenters. The van der Waals surface area contributed by atoms with Gasteiger partial charge >= 0.3 is 0 Å². The largest absolute Gasteiger partial charge is 0.469 e. The van der Waals surface area contributed by atoms with Crippen LogP contribution in [0.25, 0.3) is 0 Å². The molecular weight excluding hydrogens is 220 g/mol. The summed E-state index contributed by atoms with van der Waals surface area (Å²) < 4.78 is 5.03. The van der Waals surface area contributed by atoms with Gasteiger partial charge in [0.25, 0.3) is 5.91 Å². The highest BCUT2D eigenvalue weighted by molar-refractivity contribution is 5.98. The Bertz CT molecular complexity index is 398. The van der Waals surface area contributed by atoms with Crippen LogP contribution < -0.4 is 10.6 Å². The highest BCUT2D eigenvalue weighted by Crippen LogP contribution is 2.08. The van der Waals surface area contributed by atoms with E-state index in [4.69, 9.17) is 4.42 Å². The average molecular weight is 238 g/mol. The molecule has 1 heterocycles. The zero-order valence-corrected chi connectivity index (χ0v) is 10.4. The van der Waals surface area contributed by atoms with Crippen LogP contribution in [0.1, 0.15) is 36.4 Å². The summed E-state index contributed by atoms with van der Waals surface area (Å²) in [5.74, 6) is 0.0698. The molecule has 0 saturated carbocycles. The zero-order valence-electron chi connectivity index (χ0n) is 10.4. The average Bonchev–Trinajstić information content (AvgIpc) is 2.72. The first-order valence-electron chi connectivity index (χ1n) is 5.69. The minimum absolute atomic E-state index is 0.179. The fourth-order valence-electron chi connectivity index (χ4n) is 1.36. The Morgan fingerprint density at radius 2 is 2.18 bits per heavy atom. The van der Waals surface area contributed by atoms with E-state index in [1.54, 1.807) is 19.9 Å². The summed E-state index contributed by atoms with van der Waals surface area (Å²) in [5.41, 5.74) is 0.458. The van der Waals surface area contributed by atoms with Gasteiger partial charge in [0.2, 0.25) is 5.91 Å². The molecular formula is C12H18N2O3. The number of carbonyl (C=O) groups is 2. The molecule has 0 bridgehead atoms. The number of carbonyl (C=O) groups excluding carboxylic acids is 2. The van der Waals surface area contributed by atoms with E-state index in [9.17, 15) is 9.59 Å². The van der Waals surface area contributed by atoms with Gasteiger partial charge in [0, 0.05) is 6.54 Å². The maximum absolute atomic E-state index is 11.8. The highest BCUT2D eigenvalue weighted by atomic mass is 16.3. The van der Waals surface area contributed by atoms with Crippen molar-refractivity contribution in [1.29, 1.82) is 0 Å². The maximum atomic E-state index is 11.8. The van der Waals surface area contributed by atoms with Gasteiger partial charge in [0.05, 0.1) is 11.8 Å². The molecule has 0 aliphatic rings. The first-order valence-corrected chi connectivity index (χ1v) is 5.69. The maximum Gasteiger partial charge on any atom is 0.255 e. The zero-order chi connectivity index (χ0) is 12.8. The van der Waals surface area contributed by atoms with Gasteiger partial charge in [-0.25, -0.2) is 0 Å². The Kier molecular flexibility index (Phi) is 4.75. The Morgan fingerprint density at radius 3 is 2.71 bits per heavy atom. The van der Waals surface area contributed by atoms with Gasteiger partial charge in [-0.15, -0.1) is 0 Å². The van der Waals surface area contributed by atoms with Gasteiger partial charge in [0.15, 0.2) is 0 Å². The van der Waals surface area contributed by atoms with Crippen LogP contribution in [0, 0.1) is 6.92 Å². The topological polar surface area (TPSA) is 71.3 Å². The van der Waals surface area contributed by atoms with Gasteiger partial charge in [-0.2, -0.15) is 0 Å². The summed E-state index contributed by atoms with van der Waals surface area (Å²) in [5, 5.41) is 5.34. The van der Waals surface area contributed by atoms with Crippen molar-refractivity contribution >= 4 is 11.8 Å². The van der Waals surface area contributed by atoms with Gasteiger partial charge in [-0.05, 0) is 26.3 Å². The van der Waals surface area contributed by atoms with Crippen molar-refractivity contribution in [2.24, 2.45) is 0 Å². The third kappa shape index (κ3) is 3.62. The molecule has 0 aliphatic heterocycles. The lowest BCUT2D eigenvalue weighted by atomic mass is 10.2. The lowest BCUT2D eigenvalue weighted by Gasteiger charge is -2.13. The summed E-state index contributed by atoms with van der Waals surface area (Å²) in [6.45, 7) is 5.94. The number of nitrogens with one attached hydrogen (secondary N) is 2. The molecule has 0 spiro atoms. The van der Waals surface area contributed by atoms with Crippen molar-refractivity contribution < 1.29 is 14.0 Å². The second kappa shape index (κ2) is 6.08. The Morgan fingerprint density at radius 1 is 1.47 bits per heavy atom. The van der Waals surface area contributed by atoms with E-state index in [-0.39, 0.29) is 11.8 Å². The lowest BCUT2D eigenvalue weighted by molar-refractivity contribution is -0.122. The minimum Gasteiger partial charge on any atom is -0.469 e. The summed E-state index contributed by atoms with van der Waals surface area (Å²) >= 11 is 0. The molecule has 5 nitrogen and oxygen atoms in total. The van der Waals surface area contributed by atoms with Gasteiger partial charge in [0.1, 0.15) is 11.8 Å². The number of furan rings is 1. The number of rotatable bonds is 5. The van der Waals surface area contributed by atoms with Gasteiger partial charge in [-0.1, -0.05) is 6.92 Å². The van der Waals surface area contributed by atoms with E-state index < -0.39 is 6.04 Å². The fraction of sp³-hybridized carbons (Fsp3) is 0.500. The molecule has 0 saturated heterocycles. The molecule has 0 radical (unpaired) electrons. The summed E-state index contributed by atoms with van der Waals surface area (Å²) in [4.78, 5) is 23.3. The van der Waals surface area contributed by atoms with E-state index in [2.05, 4.69) is 10.6 Å². The second-order valence-corrected chi connectivity index (χ2v) is 3.88. The lowest BCUT2D eigenvalue weighted by Crippen LogP contribution is -2.45. The van der Waals surface area contributed by atoms with Crippen LogP contribution in [0.4, 0.5) is 0 Å². The fourth-order valence-corrected chi connectivity index (χ4v) is 1.36. The van der Waals surface area contributed by atoms with E-state index in [1.807, 2.05) is 6.92 Å². The SMILES string of the molecule is CCCNC(=O)[C@@H](C)NC(=O)c1ccoc1C. The standard InChI is InChI=1S/C12H18N2O3/c1-4-6-13-11(15)8(2)14-12(16)10-5-7-17-9(10)3/h5,7-8H,4,6H2,1-3H3,(H,13,15)(H,14,16)/t8-/m1/s1. The Labute approximate surface area is 101 Å². The molecule has 0 aromatic carbocycles. The molecule has 0 fully saturated rings. The minimum atomic E-state index is -0.552. The van der Waals surface area contributed by atoms with E-state index in [0.29, 0.717) is 17.9 Å². The number of aryl methyl sites for hydroxylation is 1. The van der Waals surface area contributed by atoms with Gasteiger partial charge < -0.3 is 15.1 Å². The van der Waals surface area contributed by atoms with Crippen LogP contribution in [0.5, 0.6) is 0 Å². The van der Waals surface area contributed by atoms with Crippen LogP contribution in [0.2, 0.25) is 0 Å². The monoisotopic (exact) mass is 238 g/mol. The van der Waals surface area contributed by atoms with Crippen LogP contribution >= 0.6 is 0 Å². The molecule has 2 amide bonds. The predicted molar refractivity (Wildman–Crippen MR) is 63.7 cm³/mol. The smallest absolute Gasteiger partial charge is 0.255 e. The van der Waals surface area contributed by atoms with Crippen LogP contribution in [-0.2, 0) is 4.79 Å². The molecule has 17 heavy (non-hydrogen) atoms. The van der Waals surface area contributed by atoms with Crippen LogP contribution in [0.15, 0.2) is 16.7 Å². The molecule has 0 aliphatic carbocycles. The number of amides is 2. The molecule has 1 aromatic heterocycles. The molecule has 2 N–H and O–H groups in total. The summed E-state index contributed by atoms with van der Waals surface area (Å²) in [6, 6.07) is 1.03. The van der Waals surface area contributed by atoms with Crippen molar-refractivity contribution in [1.82, 2.24) is 10.6 Å². The number of hydrogen-bond acceptors (Lipinski definition) is 3. The molecule has 5 heteroatoms. The van der Waals surface area contributed by atoms with E-state index in [0.717, 1.165) is 6.42 Å². The summed E-state index contributed by atoms with van der Waals surface area (Å²) in [6.07, 6.45) is 2.32. The van der Waals surface area contributed by atoms with Crippen molar-refractivity contribution in [2.45, 2.75) is 33.2 Å². The van der Waals surface area contributed by atoms with Gasteiger partial charge in [-0.3, -0.25) is 9.59 Å². The Balaban J connectivity index is 2.51. The van der Waals surface area contributed by atoms with Crippen LogP contribution in [0.3, 0.4) is 0 Å². The van der Waals surface area contributed by atoms with Crippen LogP contribution in [-0.4, -0.2) is 24.4 Å². The molecule has 0 unspecified atom stereocenters. The normalized spacial score (nSPS) is 11.9. The quantitative estimate of drug-likeness (QED) is 0.810. The van der Waals surface area contributed by atoms with Crippen molar-refractivity contribution in [3.8, 4) is 0 Å². The predicted octanol–water partition coefficient (Wildman–Crippen LogP) is 1.23.